The molecular weight excluding hydrogens is 284 g/mol. The van der Waals surface area contributed by atoms with Crippen LogP contribution in [0.5, 0.6) is 0 Å². The van der Waals surface area contributed by atoms with Crippen molar-refractivity contribution < 1.29 is 9.59 Å². The Hall–Kier alpha value is -3.42. The molecule has 2 N–H and O–H groups in total. The number of nitrogens with zero attached hydrogens (tertiary/aromatic N) is 4. The number of hydrogen-bond donors (Lipinski definition) is 2. The van der Waals surface area contributed by atoms with Gasteiger partial charge in [-0.05, 0) is 24.3 Å². The van der Waals surface area contributed by atoms with Crippen molar-refractivity contribution in [3.8, 4) is 0 Å². The van der Waals surface area contributed by atoms with Gasteiger partial charge in [0, 0.05) is 12.4 Å². The minimum absolute atomic E-state index is 0.250. The van der Waals surface area contributed by atoms with E-state index in [-0.39, 0.29) is 11.4 Å². The predicted molar refractivity (Wildman–Crippen MR) is 80.4 cm³/mol. The highest BCUT2D eigenvalue weighted by Gasteiger charge is 2.03. The Balaban J connectivity index is 1.76. The van der Waals surface area contributed by atoms with Crippen LogP contribution in [0.3, 0.4) is 0 Å². The minimum Gasteiger partial charge on any atom is -0.266 e. The first-order valence-corrected chi connectivity index (χ1v) is 6.25. The van der Waals surface area contributed by atoms with E-state index in [9.17, 15) is 9.59 Å². The number of hydrogen-bond acceptors (Lipinski definition) is 6. The van der Waals surface area contributed by atoms with Crippen LogP contribution < -0.4 is 10.9 Å². The van der Waals surface area contributed by atoms with Gasteiger partial charge in [0.15, 0.2) is 0 Å². The van der Waals surface area contributed by atoms with Crippen molar-refractivity contribution in [3.05, 3.63) is 60.2 Å². The lowest BCUT2D eigenvalue weighted by atomic mass is 10.3. The molecule has 2 aromatic rings. The number of nitrogens with one attached hydrogen (secondary N) is 2. The molecule has 8 nitrogen and oxygen atoms in total. The van der Waals surface area contributed by atoms with E-state index in [1.54, 1.807) is 36.4 Å². The van der Waals surface area contributed by atoms with Crippen molar-refractivity contribution in [3.63, 3.8) is 0 Å². The van der Waals surface area contributed by atoms with Crippen molar-refractivity contribution in [1.29, 1.82) is 0 Å². The van der Waals surface area contributed by atoms with Gasteiger partial charge in [-0.25, -0.2) is 10.9 Å². The normalized spacial score (nSPS) is 10.7. The zero-order valence-electron chi connectivity index (χ0n) is 11.4. The van der Waals surface area contributed by atoms with Gasteiger partial charge in [-0.15, -0.1) is 0 Å². The quantitative estimate of drug-likeness (QED) is 0.622. The summed E-state index contributed by atoms with van der Waals surface area (Å²) in [5.41, 5.74) is 5.04. The zero-order valence-corrected chi connectivity index (χ0v) is 11.4. The highest BCUT2D eigenvalue weighted by Crippen LogP contribution is 1.92. The Kier molecular flexibility index (Phi) is 5.45. The van der Waals surface area contributed by atoms with Crippen LogP contribution in [0.2, 0.25) is 0 Å². The molecule has 0 saturated heterocycles. The maximum Gasteiger partial charge on any atom is 0.289 e. The van der Waals surface area contributed by atoms with Gasteiger partial charge in [0.1, 0.15) is 11.4 Å². The average molecular weight is 296 g/mol. The monoisotopic (exact) mass is 296 g/mol. The fourth-order valence-corrected chi connectivity index (χ4v) is 1.37. The molecule has 0 spiro atoms. The molecule has 0 saturated carbocycles. The third kappa shape index (κ3) is 4.60. The van der Waals surface area contributed by atoms with Gasteiger partial charge in [0.25, 0.3) is 11.8 Å². The summed E-state index contributed by atoms with van der Waals surface area (Å²) in [4.78, 5) is 30.9. The van der Waals surface area contributed by atoms with Gasteiger partial charge >= 0.3 is 0 Å². The second kappa shape index (κ2) is 8.00. The van der Waals surface area contributed by atoms with Crippen molar-refractivity contribution in [2.45, 2.75) is 0 Å². The molecule has 0 fully saturated rings. The molecule has 0 unspecified atom stereocenters. The van der Waals surface area contributed by atoms with Gasteiger partial charge in [-0.3, -0.25) is 19.6 Å². The fraction of sp³-hybridized carbons (Fsp3) is 0. The number of carbonyl (C=O) groups is 2. The smallest absolute Gasteiger partial charge is 0.266 e. The van der Waals surface area contributed by atoms with E-state index in [1.807, 2.05) is 0 Å². The van der Waals surface area contributed by atoms with Crippen LogP contribution in [-0.2, 0) is 0 Å². The molecule has 0 aromatic carbocycles. The third-order valence-electron chi connectivity index (χ3n) is 2.34. The van der Waals surface area contributed by atoms with Crippen molar-refractivity contribution in [1.82, 2.24) is 20.8 Å². The topological polar surface area (TPSA) is 109 Å². The van der Waals surface area contributed by atoms with Gasteiger partial charge < -0.3 is 0 Å². The van der Waals surface area contributed by atoms with Gasteiger partial charge in [-0.2, -0.15) is 10.2 Å². The molecule has 8 heteroatoms. The highest BCUT2D eigenvalue weighted by molar-refractivity contribution is 6.16. The summed E-state index contributed by atoms with van der Waals surface area (Å²) in [5, 5.41) is 7.27. The molecule has 2 amide bonds. The van der Waals surface area contributed by atoms with Crippen LogP contribution in [0.25, 0.3) is 0 Å². The summed E-state index contributed by atoms with van der Waals surface area (Å²) in [7, 11) is 0. The Morgan fingerprint density at radius 2 is 1.27 bits per heavy atom. The van der Waals surface area contributed by atoms with Gasteiger partial charge in [0.05, 0.1) is 12.4 Å². The summed E-state index contributed by atoms with van der Waals surface area (Å²) in [6, 6.07) is 9.92. The maximum absolute atomic E-state index is 11.6. The number of aromatic nitrogens is 2. The Morgan fingerprint density at radius 3 is 1.64 bits per heavy atom. The highest BCUT2D eigenvalue weighted by atomic mass is 16.2. The van der Waals surface area contributed by atoms with Gasteiger partial charge in [0.2, 0.25) is 0 Å². The van der Waals surface area contributed by atoms with Crippen LogP contribution in [0.1, 0.15) is 21.0 Å². The minimum atomic E-state index is -0.442. The molecule has 110 valence electrons. The molecule has 22 heavy (non-hydrogen) atoms. The Bertz CT molecular complexity index is 623. The SMILES string of the molecule is O=C(N/N=C/C=N/NC(=O)c1ccccn1)c1ccccn1. The number of amides is 2. The second-order valence-electron chi connectivity index (χ2n) is 3.87. The molecule has 0 aliphatic carbocycles. The van der Waals surface area contributed by atoms with Crippen LogP contribution in [-0.4, -0.2) is 34.2 Å². The molecule has 2 rings (SSSR count). The Labute approximate surface area is 126 Å². The van der Waals surface area contributed by atoms with Crippen LogP contribution >= 0.6 is 0 Å². The summed E-state index contributed by atoms with van der Waals surface area (Å²) < 4.78 is 0. The molecule has 0 radical (unpaired) electrons. The largest absolute Gasteiger partial charge is 0.289 e. The van der Waals surface area contributed by atoms with E-state index < -0.39 is 11.8 Å². The first kappa shape index (κ1) is 15.0. The lowest BCUT2D eigenvalue weighted by molar-refractivity contribution is 0.0942. The van der Waals surface area contributed by atoms with Crippen molar-refractivity contribution in [2.75, 3.05) is 0 Å². The molecular formula is C14H12N6O2. The second-order valence-corrected chi connectivity index (χ2v) is 3.87. The third-order valence-corrected chi connectivity index (χ3v) is 2.34. The maximum atomic E-state index is 11.6. The van der Waals surface area contributed by atoms with Crippen LogP contribution in [0.4, 0.5) is 0 Å². The average Bonchev–Trinajstić information content (AvgIpc) is 2.59. The standard InChI is InChI=1S/C14H12N6O2/c21-13(11-5-1-3-7-15-11)19-17-9-10-18-20-14(22)12-6-2-4-8-16-12/h1-10H,(H,19,21)(H,20,22)/b17-9+,18-10+. The number of rotatable bonds is 5. The van der Waals surface area contributed by atoms with E-state index in [0.29, 0.717) is 0 Å². The first-order chi connectivity index (χ1) is 10.8. The molecule has 0 bridgehead atoms. The predicted octanol–water partition coefficient (Wildman–Crippen LogP) is 0.608. The van der Waals surface area contributed by atoms with Crippen LogP contribution in [0.15, 0.2) is 59.0 Å². The molecule has 0 aliphatic rings. The lowest BCUT2D eigenvalue weighted by Crippen LogP contribution is -2.20. The summed E-state index contributed by atoms with van der Waals surface area (Å²) in [6.07, 6.45) is 5.46. The van der Waals surface area contributed by atoms with E-state index in [4.69, 9.17) is 0 Å². The lowest BCUT2D eigenvalue weighted by Gasteiger charge is -1.97. The van der Waals surface area contributed by atoms with Crippen molar-refractivity contribution >= 4 is 24.2 Å². The number of carbonyl (C=O) groups excluding carboxylic acids is 2. The van der Waals surface area contributed by atoms with E-state index in [0.717, 1.165) is 0 Å². The summed E-state index contributed by atoms with van der Waals surface area (Å²) in [5.74, 6) is -0.884. The summed E-state index contributed by atoms with van der Waals surface area (Å²) in [6.45, 7) is 0. The van der Waals surface area contributed by atoms with Crippen LogP contribution in [0, 0.1) is 0 Å². The first-order valence-electron chi connectivity index (χ1n) is 6.25. The van der Waals surface area contributed by atoms with E-state index >= 15 is 0 Å². The fourth-order valence-electron chi connectivity index (χ4n) is 1.37. The van der Waals surface area contributed by atoms with E-state index in [1.165, 1.54) is 24.8 Å². The number of pyridine rings is 2. The number of hydrazone groups is 2. The molecule has 0 aliphatic heterocycles. The van der Waals surface area contributed by atoms with E-state index in [2.05, 4.69) is 31.0 Å². The Morgan fingerprint density at radius 1 is 0.818 bits per heavy atom. The summed E-state index contributed by atoms with van der Waals surface area (Å²) >= 11 is 0. The molecule has 0 atom stereocenters. The van der Waals surface area contributed by atoms with Crippen molar-refractivity contribution in [2.24, 2.45) is 10.2 Å². The zero-order chi connectivity index (χ0) is 15.6. The molecule has 2 heterocycles. The van der Waals surface area contributed by atoms with Gasteiger partial charge in [-0.1, -0.05) is 12.1 Å². The molecule has 2 aromatic heterocycles.